The fourth-order valence-corrected chi connectivity index (χ4v) is 4.79. The van der Waals surface area contributed by atoms with Gasteiger partial charge in [0.2, 0.25) is 5.95 Å². The summed E-state index contributed by atoms with van der Waals surface area (Å²) >= 11 is 6.18. The zero-order chi connectivity index (χ0) is 25.6. The lowest BCUT2D eigenvalue weighted by atomic mass is 10.1. The molecule has 2 aromatic heterocycles. The smallest absolute Gasteiger partial charge is 0.226 e. The second-order valence-corrected chi connectivity index (χ2v) is 10.1. The fraction of sp³-hybridized carbons (Fsp3) is 0.400. The predicted molar refractivity (Wildman–Crippen MR) is 134 cm³/mol. The lowest BCUT2D eigenvalue weighted by Gasteiger charge is -2.41. The van der Waals surface area contributed by atoms with Crippen molar-refractivity contribution < 1.29 is 18.3 Å². The largest absolute Gasteiger partial charge is 0.489 e. The molecule has 6 rings (SSSR count). The molecule has 12 heteroatoms. The van der Waals surface area contributed by atoms with Gasteiger partial charge in [0.1, 0.15) is 46.7 Å². The lowest BCUT2D eigenvalue weighted by Crippen LogP contribution is -2.53. The van der Waals surface area contributed by atoms with E-state index in [1.165, 1.54) is 24.5 Å². The Kier molecular flexibility index (Phi) is 5.82. The van der Waals surface area contributed by atoms with E-state index in [2.05, 4.69) is 30.1 Å². The lowest BCUT2D eigenvalue weighted by molar-refractivity contribution is -0.104. The first kappa shape index (κ1) is 23.8. The average molecular weight is 528 g/mol. The zero-order valence-corrected chi connectivity index (χ0v) is 20.6. The Bertz CT molecular complexity index is 1400. The van der Waals surface area contributed by atoms with E-state index in [-0.39, 0.29) is 28.6 Å². The Balaban J connectivity index is 1.24. The summed E-state index contributed by atoms with van der Waals surface area (Å²) in [5.74, 6) is 0.172. The number of piperazine rings is 1. The molecule has 1 aliphatic heterocycles. The summed E-state index contributed by atoms with van der Waals surface area (Å²) in [6.07, 6.45) is 10.1. The SMILES string of the molecule is O=C/C=C/N1CCN(c2ncc3ncnc(Nc4ccc(OCC5(F)CC5)c(Cl)c4F)c3n2)CC12CC2. The maximum Gasteiger partial charge on any atom is 0.226 e. The molecule has 9 nitrogen and oxygen atoms in total. The molecule has 0 bridgehead atoms. The number of rotatable bonds is 8. The first-order chi connectivity index (χ1) is 17.9. The Labute approximate surface area is 216 Å². The van der Waals surface area contributed by atoms with Gasteiger partial charge in [-0.3, -0.25) is 4.79 Å². The molecule has 0 atom stereocenters. The van der Waals surface area contributed by atoms with Crippen LogP contribution in [0.25, 0.3) is 11.0 Å². The number of alkyl halides is 1. The van der Waals surface area contributed by atoms with Gasteiger partial charge < -0.3 is 19.9 Å². The van der Waals surface area contributed by atoms with Crippen LogP contribution in [0.2, 0.25) is 5.02 Å². The van der Waals surface area contributed by atoms with Crippen molar-refractivity contribution in [3.05, 3.63) is 47.8 Å². The summed E-state index contributed by atoms with van der Waals surface area (Å²) in [6, 6.07) is 2.96. The molecule has 0 radical (unpaired) electrons. The number of benzene rings is 1. The van der Waals surface area contributed by atoms with Gasteiger partial charge in [-0.15, -0.1) is 0 Å². The highest BCUT2D eigenvalue weighted by Gasteiger charge is 2.50. The van der Waals surface area contributed by atoms with E-state index in [1.807, 2.05) is 6.20 Å². The molecule has 1 aromatic carbocycles. The minimum atomic E-state index is -1.34. The normalized spacial score (nSPS) is 19.4. The first-order valence-corrected chi connectivity index (χ1v) is 12.5. The van der Waals surface area contributed by atoms with Crippen molar-refractivity contribution >= 4 is 46.4 Å². The highest BCUT2D eigenvalue weighted by molar-refractivity contribution is 6.32. The van der Waals surface area contributed by atoms with Gasteiger partial charge in [0.25, 0.3) is 0 Å². The Morgan fingerprint density at radius 3 is 2.76 bits per heavy atom. The molecule has 0 unspecified atom stereocenters. The van der Waals surface area contributed by atoms with E-state index in [1.54, 1.807) is 6.20 Å². The van der Waals surface area contributed by atoms with Crippen molar-refractivity contribution in [2.75, 3.05) is 36.5 Å². The van der Waals surface area contributed by atoms with E-state index >= 15 is 4.39 Å². The molecule has 1 N–H and O–H groups in total. The van der Waals surface area contributed by atoms with E-state index < -0.39 is 11.5 Å². The van der Waals surface area contributed by atoms with Gasteiger partial charge >= 0.3 is 0 Å². The quantitative estimate of drug-likeness (QED) is 0.341. The van der Waals surface area contributed by atoms with Crippen LogP contribution in [-0.2, 0) is 4.79 Å². The number of carbonyl (C=O) groups excluding carboxylic acids is 1. The van der Waals surface area contributed by atoms with Gasteiger partial charge in [-0.25, -0.2) is 28.7 Å². The number of carbonyl (C=O) groups is 1. The van der Waals surface area contributed by atoms with Gasteiger partial charge in [-0.1, -0.05) is 11.6 Å². The van der Waals surface area contributed by atoms with Gasteiger partial charge in [0.05, 0.1) is 17.4 Å². The van der Waals surface area contributed by atoms with Gasteiger partial charge in [-0.2, -0.15) is 0 Å². The number of aldehydes is 1. The third-order valence-corrected chi connectivity index (χ3v) is 7.46. The number of nitrogens with one attached hydrogen (secondary N) is 1. The minimum absolute atomic E-state index is 0.0185. The van der Waals surface area contributed by atoms with Crippen LogP contribution in [0.3, 0.4) is 0 Å². The van der Waals surface area contributed by atoms with Crippen LogP contribution < -0.4 is 15.0 Å². The number of anilines is 3. The highest BCUT2D eigenvalue weighted by atomic mass is 35.5. The molecule has 1 saturated heterocycles. The summed E-state index contributed by atoms with van der Waals surface area (Å²) in [5, 5.41) is 2.72. The third kappa shape index (κ3) is 4.63. The number of halogens is 3. The van der Waals surface area contributed by atoms with Gasteiger partial charge in [0, 0.05) is 25.8 Å². The Morgan fingerprint density at radius 1 is 1.16 bits per heavy atom. The van der Waals surface area contributed by atoms with Crippen LogP contribution in [-0.4, -0.2) is 68.6 Å². The summed E-state index contributed by atoms with van der Waals surface area (Å²) in [4.78, 5) is 32.8. The maximum atomic E-state index is 15.1. The van der Waals surface area contributed by atoms with Crippen molar-refractivity contribution in [3.8, 4) is 5.75 Å². The molecule has 1 spiro atoms. The van der Waals surface area contributed by atoms with Crippen molar-refractivity contribution in [2.45, 2.75) is 36.9 Å². The standard InChI is InChI=1S/C25H24ClF2N7O2/c26-19-18(37-14-24(28)4-5-24)3-2-16(20(19)27)32-22-21-17(30-15-31-22)12-29-23(33-21)34-9-10-35(8-1-11-36)25(13-34)6-7-25/h1-3,8,11-12,15H,4-7,9-10,13-14H2,(H,30,31,32)/b8-1+. The highest BCUT2D eigenvalue weighted by Crippen LogP contribution is 2.45. The molecule has 2 aliphatic carbocycles. The number of ether oxygens (including phenoxy) is 1. The molecule has 2 saturated carbocycles. The number of allylic oxidation sites excluding steroid dienone is 1. The monoisotopic (exact) mass is 527 g/mol. The zero-order valence-electron chi connectivity index (χ0n) is 19.8. The molecule has 0 amide bonds. The second-order valence-electron chi connectivity index (χ2n) is 9.75. The number of fused-ring (bicyclic) bond motifs is 1. The molecule has 192 valence electrons. The Morgan fingerprint density at radius 2 is 2.00 bits per heavy atom. The summed E-state index contributed by atoms with van der Waals surface area (Å²) < 4.78 is 34.4. The minimum Gasteiger partial charge on any atom is -0.489 e. The van der Waals surface area contributed by atoms with E-state index in [0.29, 0.717) is 42.2 Å². The van der Waals surface area contributed by atoms with Crippen LogP contribution >= 0.6 is 11.6 Å². The summed E-state index contributed by atoms with van der Waals surface area (Å²) in [5.41, 5.74) is -0.350. The van der Waals surface area contributed by atoms with E-state index in [0.717, 1.165) is 32.2 Å². The molecule has 3 heterocycles. The summed E-state index contributed by atoms with van der Waals surface area (Å²) in [6.45, 7) is 1.99. The van der Waals surface area contributed by atoms with Crippen LogP contribution in [0.4, 0.5) is 26.2 Å². The first-order valence-electron chi connectivity index (χ1n) is 12.1. The number of hydrogen-bond donors (Lipinski definition) is 1. The van der Waals surface area contributed by atoms with Crippen molar-refractivity contribution in [1.82, 2.24) is 24.8 Å². The molecular weight excluding hydrogens is 504 g/mol. The molecule has 3 aliphatic rings. The Hall–Kier alpha value is -3.60. The van der Waals surface area contributed by atoms with Gasteiger partial charge in [-0.05, 0) is 43.9 Å². The predicted octanol–water partition coefficient (Wildman–Crippen LogP) is 4.20. The van der Waals surface area contributed by atoms with Crippen LogP contribution in [0, 0.1) is 5.82 Å². The van der Waals surface area contributed by atoms with E-state index in [4.69, 9.17) is 21.3 Å². The topological polar surface area (TPSA) is 96.4 Å². The number of aromatic nitrogens is 4. The van der Waals surface area contributed by atoms with Crippen molar-refractivity contribution in [3.63, 3.8) is 0 Å². The maximum absolute atomic E-state index is 15.1. The number of nitrogens with zero attached hydrogens (tertiary/aromatic N) is 6. The number of hydrogen-bond acceptors (Lipinski definition) is 9. The molecule has 37 heavy (non-hydrogen) atoms. The molecular formula is C25H24ClF2N7O2. The molecule has 3 fully saturated rings. The van der Waals surface area contributed by atoms with Crippen LogP contribution in [0.1, 0.15) is 25.7 Å². The van der Waals surface area contributed by atoms with Crippen LogP contribution in [0.15, 0.2) is 36.9 Å². The van der Waals surface area contributed by atoms with E-state index in [9.17, 15) is 9.18 Å². The van der Waals surface area contributed by atoms with Crippen LogP contribution in [0.5, 0.6) is 5.75 Å². The average Bonchev–Trinajstić information content (AvgIpc) is 3.84. The summed E-state index contributed by atoms with van der Waals surface area (Å²) in [7, 11) is 0. The second kappa shape index (κ2) is 9.05. The van der Waals surface area contributed by atoms with Crippen molar-refractivity contribution in [2.24, 2.45) is 0 Å². The molecule has 3 aromatic rings. The third-order valence-electron chi connectivity index (χ3n) is 7.10. The fourth-order valence-electron chi connectivity index (χ4n) is 4.57. The van der Waals surface area contributed by atoms with Crippen molar-refractivity contribution in [1.29, 1.82) is 0 Å². The van der Waals surface area contributed by atoms with Gasteiger partial charge in [0.15, 0.2) is 11.6 Å².